The molecule has 0 heterocycles. The van der Waals surface area contributed by atoms with Gasteiger partial charge in [-0.15, -0.1) is 0 Å². The molecule has 13 heavy (non-hydrogen) atoms. The minimum absolute atomic E-state index is 0.0520. The molecule has 0 unspecified atom stereocenters. The lowest BCUT2D eigenvalue weighted by molar-refractivity contribution is 0.101. The predicted octanol–water partition coefficient (Wildman–Crippen LogP) is 1.98. The average Bonchev–Trinajstić information content (AvgIpc) is 2.16. The second kappa shape index (κ2) is 4.28. The number of carbonyl (C=O) groups excluding carboxylic acids is 1. The summed E-state index contributed by atoms with van der Waals surface area (Å²) in [6.45, 7) is 0. The zero-order valence-electron chi connectivity index (χ0n) is 7.08. The number of hydrogen-bond donors (Lipinski definition) is 1. The van der Waals surface area contributed by atoms with Crippen molar-refractivity contribution in [3.05, 3.63) is 23.8 Å². The number of alkyl halides is 1. The Balaban J connectivity index is 3.22. The molecule has 1 N–H and O–H groups in total. The van der Waals surface area contributed by atoms with Gasteiger partial charge in [0.25, 0.3) is 0 Å². The first-order valence-electron chi connectivity index (χ1n) is 3.65. The van der Waals surface area contributed by atoms with Crippen LogP contribution in [0.2, 0.25) is 0 Å². The third-order valence-corrected chi connectivity index (χ3v) is 2.13. The molecular weight excluding hydrogens is 236 g/mol. The molecule has 0 amide bonds. The van der Waals surface area contributed by atoms with E-state index in [0.717, 1.165) is 0 Å². The van der Waals surface area contributed by atoms with Crippen molar-refractivity contribution in [2.45, 2.75) is 0 Å². The number of phenols is 1. The summed E-state index contributed by atoms with van der Waals surface area (Å²) in [4.78, 5) is 11.3. The maximum absolute atomic E-state index is 11.3. The van der Waals surface area contributed by atoms with Crippen LogP contribution in [-0.2, 0) is 0 Å². The Labute approximate surface area is 84.5 Å². The van der Waals surface area contributed by atoms with E-state index in [4.69, 9.17) is 4.74 Å². The number of methoxy groups -OCH3 is 1. The molecule has 0 aliphatic carbocycles. The van der Waals surface area contributed by atoms with Crippen LogP contribution in [-0.4, -0.2) is 23.3 Å². The summed E-state index contributed by atoms with van der Waals surface area (Å²) in [6, 6.07) is 4.72. The van der Waals surface area contributed by atoms with E-state index in [1.54, 1.807) is 12.1 Å². The number of phenolic OH excluding ortho intramolecular Hbond substituents is 1. The van der Waals surface area contributed by atoms with Crippen LogP contribution in [0, 0.1) is 0 Å². The predicted molar refractivity (Wildman–Crippen MR) is 52.8 cm³/mol. The van der Waals surface area contributed by atoms with Crippen LogP contribution < -0.4 is 4.74 Å². The Morgan fingerprint density at radius 2 is 2.31 bits per heavy atom. The van der Waals surface area contributed by atoms with Crippen molar-refractivity contribution < 1.29 is 14.6 Å². The lowest BCUT2D eigenvalue weighted by atomic mass is 10.1. The first-order valence-corrected chi connectivity index (χ1v) is 4.78. The first-order chi connectivity index (χ1) is 6.20. The third kappa shape index (κ3) is 2.01. The molecule has 0 aliphatic heterocycles. The summed E-state index contributed by atoms with van der Waals surface area (Å²) in [5, 5.41) is 9.57. The number of Topliss-reactive ketones (excluding diaryl/α,β-unsaturated/α-hetero) is 1. The minimum atomic E-state index is -0.199. The van der Waals surface area contributed by atoms with Gasteiger partial charge in [-0.2, -0.15) is 0 Å². The van der Waals surface area contributed by atoms with Crippen molar-refractivity contribution in [2.24, 2.45) is 0 Å². The summed E-state index contributed by atoms with van der Waals surface area (Å²) in [6.07, 6.45) is 0. The maximum Gasteiger partial charge on any atom is 0.180 e. The third-order valence-electron chi connectivity index (χ3n) is 1.62. The van der Waals surface area contributed by atoms with Gasteiger partial charge in [-0.1, -0.05) is 22.0 Å². The standard InChI is InChI=1S/C9H9BrO3/c1-13-8-4-2-3-6(11)9(8)7(12)5-10/h2-4,11H,5H2,1H3. The van der Waals surface area contributed by atoms with E-state index in [1.807, 2.05) is 0 Å². The van der Waals surface area contributed by atoms with Crippen LogP contribution >= 0.6 is 15.9 Å². The summed E-state index contributed by atoms with van der Waals surface area (Å²) in [5.41, 5.74) is 0.224. The minimum Gasteiger partial charge on any atom is -0.507 e. The highest BCUT2D eigenvalue weighted by atomic mass is 79.9. The van der Waals surface area contributed by atoms with Crippen LogP contribution in [0.15, 0.2) is 18.2 Å². The molecule has 0 saturated heterocycles. The van der Waals surface area contributed by atoms with Crippen LogP contribution in [0.5, 0.6) is 11.5 Å². The molecule has 0 fully saturated rings. The van der Waals surface area contributed by atoms with E-state index in [2.05, 4.69) is 15.9 Å². The summed E-state index contributed by atoms with van der Waals surface area (Å²) < 4.78 is 4.95. The van der Waals surface area contributed by atoms with E-state index in [-0.39, 0.29) is 22.4 Å². The quantitative estimate of drug-likeness (QED) is 0.654. The molecule has 0 spiro atoms. The monoisotopic (exact) mass is 244 g/mol. The Morgan fingerprint density at radius 3 is 2.85 bits per heavy atom. The highest BCUT2D eigenvalue weighted by molar-refractivity contribution is 9.09. The fraction of sp³-hybridized carbons (Fsp3) is 0.222. The SMILES string of the molecule is COc1cccc(O)c1C(=O)CBr. The van der Waals surface area contributed by atoms with E-state index in [0.29, 0.717) is 5.75 Å². The number of carbonyl (C=O) groups is 1. The zero-order chi connectivity index (χ0) is 9.84. The van der Waals surface area contributed by atoms with Crippen LogP contribution in [0.25, 0.3) is 0 Å². The Kier molecular flexibility index (Phi) is 3.31. The number of benzene rings is 1. The number of hydrogen-bond acceptors (Lipinski definition) is 3. The van der Waals surface area contributed by atoms with Crippen molar-refractivity contribution in [3.63, 3.8) is 0 Å². The smallest absolute Gasteiger partial charge is 0.180 e. The topological polar surface area (TPSA) is 46.5 Å². The molecule has 0 aliphatic rings. The van der Waals surface area contributed by atoms with Gasteiger partial charge in [0.05, 0.1) is 12.4 Å². The highest BCUT2D eigenvalue weighted by Gasteiger charge is 2.15. The van der Waals surface area contributed by atoms with Gasteiger partial charge < -0.3 is 9.84 Å². The van der Waals surface area contributed by atoms with Gasteiger partial charge in [-0.25, -0.2) is 0 Å². The number of rotatable bonds is 3. The van der Waals surface area contributed by atoms with Crippen molar-refractivity contribution in [2.75, 3.05) is 12.4 Å². The lowest BCUT2D eigenvalue weighted by Gasteiger charge is -2.07. The van der Waals surface area contributed by atoms with E-state index >= 15 is 0 Å². The zero-order valence-corrected chi connectivity index (χ0v) is 8.67. The molecule has 0 aromatic heterocycles. The van der Waals surface area contributed by atoms with Crippen LogP contribution in [0.4, 0.5) is 0 Å². The van der Waals surface area contributed by atoms with E-state index < -0.39 is 0 Å². The van der Waals surface area contributed by atoms with Gasteiger partial charge in [0, 0.05) is 0 Å². The number of halogens is 1. The van der Waals surface area contributed by atoms with Gasteiger partial charge in [-0.05, 0) is 12.1 Å². The van der Waals surface area contributed by atoms with Gasteiger partial charge in [0.15, 0.2) is 5.78 Å². The van der Waals surface area contributed by atoms with Crippen molar-refractivity contribution in [1.29, 1.82) is 0 Å². The Morgan fingerprint density at radius 1 is 1.62 bits per heavy atom. The molecule has 1 aromatic carbocycles. The largest absolute Gasteiger partial charge is 0.507 e. The van der Waals surface area contributed by atoms with Gasteiger partial charge in [0.1, 0.15) is 17.1 Å². The van der Waals surface area contributed by atoms with E-state index in [9.17, 15) is 9.90 Å². The second-order valence-electron chi connectivity index (χ2n) is 2.41. The van der Waals surface area contributed by atoms with Crippen molar-refractivity contribution in [1.82, 2.24) is 0 Å². The molecule has 0 atom stereocenters. The fourth-order valence-electron chi connectivity index (χ4n) is 1.04. The van der Waals surface area contributed by atoms with Crippen molar-refractivity contribution in [3.8, 4) is 11.5 Å². The van der Waals surface area contributed by atoms with Gasteiger partial charge in [0.2, 0.25) is 0 Å². The summed E-state index contributed by atoms with van der Waals surface area (Å²) >= 11 is 3.03. The molecular formula is C9H9BrO3. The van der Waals surface area contributed by atoms with E-state index in [1.165, 1.54) is 13.2 Å². The average molecular weight is 245 g/mol. The fourth-order valence-corrected chi connectivity index (χ4v) is 1.32. The number of aromatic hydroxyl groups is 1. The summed E-state index contributed by atoms with van der Waals surface area (Å²) in [7, 11) is 1.46. The van der Waals surface area contributed by atoms with Crippen LogP contribution in [0.1, 0.15) is 10.4 Å². The molecule has 3 nitrogen and oxygen atoms in total. The molecule has 1 rings (SSSR count). The van der Waals surface area contributed by atoms with Crippen molar-refractivity contribution >= 4 is 21.7 Å². The molecule has 4 heteroatoms. The van der Waals surface area contributed by atoms with Crippen LogP contribution in [0.3, 0.4) is 0 Å². The maximum atomic E-state index is 11.3. The second-order valence-corrected chi connectivity index (χ2v) is 2.97. The lowest BCUT2D eigenvalue weighted by Crippen LogP contribution is -2.03. The molecule has 0 saturated carbocycles. The highest BCUT2D eigenvalue weighted by Crippen LogP contribution is 2.27. The van der Waals surface area contributed by atoms with Gasteiger partial charge in [-0.3, -0.25) is 4.79 Å². The Hall–Kier alpha value is -1.03. The molecule has 70 valence electrons. The number of ketones is 1. The van der Waals surface area contributed by atoms with Gasteiger partial charge >= 0.3 is 0 Å². The molecule has 1 aromatic rings. The normalized spacial score (nSPS) is 9.69. The molecule has 0 bridgehead atoms. The first kappa shape index (κ1) is 10.1. The Bertz CT molecular complexity index is 323. The number of ether oxygens (including phenoxy) is 1. The summed E-state index contributed by atoms with van der Waals surface area (Å²) in [5.74, 6) is 0.142. The molecule has 0 radical (unpaired) electrons.